The number of rotatable bonds is 7. The number of nitrogens with two attached hydrogens (primary N) is 1. The fourth-order valence-corrected chi connectivity index (χ4v) is 2.15. The second kappa shape index (κ2) is 7.70. The normalized spacial score (nSPS) is 10.4. The predicted octanol–water partition coefficient (Wildman–Crippen LogP) is 3.26. The summed E-state index contributed by atoms with van der Waals surface area (Å²) in [6.45, 7) is 5.87. The van der Waals surface area contributed by atoms with Gasteiger partial charge in [-0.3, -0.25) is 0 Å². The van der Waals surface area contributed by atoms with Crippen molar-refractivity contribution < 1.29 is 9.47 Å². The summed E-state index contributed by atoms with van der Waals surface area (Å²) in [5.41, 5.74) is 9.18. The summed E-state index contributed by atoms with van der Waals surface area (Å²) in [5.74, 6) is 1.79. The van der Waals surface area contributed by atoms with Gasteiger partial charge in [-0.1, -0.05) is 24.3 Å². The Labute approximate surface area is 126 Å². The van der Waals surface area contributed by atoms with Gasteiger partial charge in [0, 0.05) is 0 Å². The van der Waals surface area contributed by atoms with Crippen molar-refractivity contribution in [3.63, 3.8) is 0 Å². The maximum Gasteiger partial charge on any atom is 0.122 e. The van der Waals surface area contributed by atoms with Crippen LogP contribution in [0, 0.1) is 13.8 Å². The van der Waals surface area contributed by atoms with Gasteiger partial charge in [0.2, 0.25) is 0 Å². The third-order valence-electron chi connectivity index (χ3n) is 3.50. The first-order chi connectivity index (χ1) is 10.2. The standard InChI is InChI=1S/C18H23NO2/c1-14-5-3-8-18(15(14)2)21-12-11-20-17-7-4-6-16(13-17)9-10-19/h3-8,13H,9-12,19H2,1-2H3. The number of hydrogen-bond donors (Lipinski definition) is 1. The molecule has 0 atom stereocenters. The highest BCUT2D eigenvalue weighted by Crippen LogP contribution is 2.20. The molecule has 0 amide bonds. The van der Waals surface area contributed by atoms with Crippen LogP contribution in [0.15, 0.2) is 42.5 Å². The predicted molar refractivity (Wildman–Crippen MR) is 86.1 cm³/mol. The lowest BCUT2D eigenvalue weighted by Gasteiger charge is -2.12. The van der Waals surface area contributed by atoms with E-state index in [1.54, 1.807) is 0 Å². The molecule has 0 saturated carbocycles. The number of ether oxygens (including phenoxy) is 2. The van der Waals surface area contributed by atoms with Crippen molar-refractivity contribution in [1.29, 1.82) is 0 Å². The highest BCUT2D eigenvalue weighted by molar-refractivity contribution is 5.38. The van der Waals surface area contributed by atoms with Crippen LogP contribution in [0.4, 0.5) is 0 Å². The van der Waals surface area contributed by atoms with Gasteiger partial charge < -0.3 is 15.2 Å². The van der Waals surface area contributed by atoms with Crippen LogP contribution in [0.1, 0.15) is 16.7 Å². The zero-order valence-electron chi connectivity index (χ0n) is 12.8. The smallest absolute Gasteiger partial charge is 0.122 e. The van der Waals surface area contributed by atoms with Crippen LogP contribution in [-0.2, 0) is 6.42 Å². The van der Waals surface area contributed by atoms with Gasteiger partial charge in [0.05, 0.1) is 0 Å². The number of hydrogen-bond acceptors (Lipinski definition) is 3. The molecule has 0 saturated heterocycles. The van der Waals surface area contributed by atoms with Crippen LogP contribution in [0.5, 0.6) is 11.5 Å². The lowest BCUT2D eigenvalue weighted by molar-refractivity contribution is 0.216. The molecule has 2 N–H and O–H groups in total. The molecule has 112 valence electrons. The van der Waals surface area contributed by atoms with Crippen LogP contribution in [-0.4, -0.2) is 19.8 Å². The zero-order chi connectivity index (χ0) is 15.1. The summed E-state index contributed by atoms with van der Waals surface area (Å²) in [6.07, 6.45) is 0.871. The fraction of sp³-hybridized carbons (Fsp3) is 0.333. The molecule has 0 aliphatic rings. The maximum absolute atomic E-state index is 5.77. The molecule has 0 aliphatic carbocycles. The Balaban J connectivity index is 1.82. The van der Waals surface area contributed by atoms with Gasteiger partial charge in [-0.2, -0.15) is 0 Å². The van der Waals surface area contributed by atoms with Crippen molar-refractivity contribution in [3.05, 3.63) is 59.2 Å². The van der Waals surface area contributed by atoms with Crippen molar-refractivity contribution in [2.24, 2.45) is 5.73 Å². The Kier molecular flexibility index (Phi) is 5.64. The van der Waals surface area contributed by atoms with Gasteiger partial charge >= 0.3 is 0 Å². The van der Waals surface area contributed by atoms with Gasteiger partial charge in [0.25, 0.3) is 0 Å². The molecule has 0 heterocycles. The van der Waals surface area contributed by atoms with Gasteiger partial charge in [0.15, 0.2) is 0 Å². The van der Waals surface area contributed by atoms with Crippen LogP contribution in [0.25, 0.3) is 0 Å². The molecule has 0 fully saturated rings. The molecule has 0 aliphatic heterocycles. The summed E-state index contributed by atoms with van der Waals surface area (Å²) >= 11 is 0. The fourth-order valence-electron chi connectivity index (χ4n) is 2.15. The van der Waals surface area contributed by atoms with Crippen molar-refractivity contribution in [3.8, 4) is 11.5 Å². The van der Waals surface area contributed by atoms with E-state index in [2.05, 4.69) is 26.0 Å². The summed E-state index contributed by atoms with van der Waals surface area (Å²) in [4.78, 5) is 0. The highest BCUT2D eigenvalue weighted by atomic mass is 16.5. The summed E-state index contributed by atoms with van der Waals surface area (Å²) in [5, 5.41) is 0. The molecule has 0 unspecified atom stereocenters. The van der Waals surface area contributed by atoms with E-state index in [-0.39, 0.29) is 0 Å². The molecule has 0 radical (unpaired) electrons. The van der Waals surface area contributed by atoms with Gasteiger partial charge in [-0.25, -0.2) is 0 Å². The zero-order valence-corrected chi connectivity index (χ0v) is 12.8. The second-order valence-corrected chi connectivity index (χ2v) is 5.08. The van der Waals surface area contributed by atoms with Crippen LogP contribution in [0.2, 0.25) is 0 Å². The topological polar surface area (TPSA) is 44.5 Å². The molecule has 0 aromatic heterocycles. The minimum Gasteiger partial charge on any atom is -0.490 e. The summed E-state index contributed by atoms with van der Waals surface area (Å²) < 4.78 is 11.5. The van der Waals surface area contributed by atoms with Gasteiger partial charge in [0.1, 0.15) is 24.7 Å². The Bertz CT molecular complexity index is 581. The minimum atomic E-state index is 0.527. The second-order valence-electron chi connectivity index (χ2n) is 5.08. The van der Waals surface area contributed by atoms with Gasteiger partial charge in [-0.15, -0.1) is 0 Å². The van der Waals surface area contributed by atoms with E-state index in [9.17, 15) is 0 Å². The van der Waals surface area contributed by atoms with Crippen LogP contribution < -0.4 is 15.2 Å². The quantitative estimate of drug-likeness (QED) is 0.794. The maximum atomic E-state index is 5.77. The van der Waals surface area contributed by atoms with E-state index in [4.69, 9.17) is 15.2 Å². The third-order valence-corrected chi connectivity index (χ3v) is 3.50. The number of aryl methyl sites for hydroxylation is 1. The van der Waals surface area contributed by atoms with Crippen LogP contribution >= 0.6 is 0 Å². The average molecular weight is 285 g/mol. The first-order valence-corrected chi connectivity index (χ1v) is 7.31. The van der Waals surface area contributed by atoms with E-state index in [1.165, 1.54) is 16.7 Å². The first kappa shape index (κ1) is 15.4. The van der Waals surface area contributed by atoms with Crippen molar-refractivity contribution in [2.75, 3.05) is 19.8 Å². The Hall–Kier alpha value is -2.00. The molecule has 3 nitrogen and oxygen atoms in total. The van der Waals surface area contributed by atoms with Crippen molar-refractivity contribution in [1.82, 2.24) is 0 Å². The molecular formula is C18H23NO2. The molecule has 2 aromatic carbocycles. The monoisotopic (exact) mass is 285 g/mol. The summed E-state index contributed by atoms with van der Waals surface area (Å²) in [7, 11) is 0. The van der Waals surface area contributed by atoms with E-state index < -0.39 is 0 Å². The third kappa shape index (κ3) is 4.50. The number of benzene rings is 2. The summed E-state index contributed by atoms with van der Waals surface area (Å²) in [6, 6.07) is 14.1. The SMILES string of the molecule is Cc1cccc(OCCOc2cccc(CCN)c2)c1C. The lowest BCUT2D eigenvalue weighted by Crippen LogP contribution is -2.10. The molecule has 0 bridgehead atoms. The highest BCUT2D eigenvalue weighted by Gasteiger charge is 2.02. The average Bonchev–Trinajstić information content (AvgIpc) is 2.48. The minimum absolute atomic E-state index is 0.527. The van der Waals surface area contributed by atoms with E-state index in [0.717, 1.165) is 17.9 Å². The van der Waals surface area contributed by atoms with Crippen molar-refractivity contribution >= 4 is 0 Å². The molecule has 21 heavy (non-hydrogen) atoms. The van der Waals surface area contributed by atoms with Crippen molar-refractivity contribution in [2.45, 2.75) is 20.3 Å². The molecule has 0 spiro atoms. The molecule has 2 rings (SSSR count). The Morgan fingerprint density at radius 2 is 1.71 bits per heavy atom. The Morgan fingerprint density at radius 3 is 2.52 bits per heavy atom. The Morgan fingerprint density at radius 1 is 0.952 bits per heavy atom. The lowest BCUT2D eigenvalue weighted by atomic mass is 10.1. The van der Waals surface area contributed by atoms with E-state index >= 15 is 0 Å². The molecule has 3 heteroatoms. The van der Waals surface area contributed by atoms with E-state index in [0.29, 0.717) is 19.8 Å². The molecule has 2 aromatic rings. The van der Waals surface area contributed by atoms with Gasteiger partial charge in [-0.05, 0) is 61.7 Å². The van der Waals surface area contributed by atoms with Crippen LogP contribution in [0.3, 0.4) is 0 Å². The largest absolute Gasteiger partial charge is 0.490 e. The molecular weight excluding hydrogens is 262 g/mol. The van der Waals surface area contributed by atoms with E-state index in [1.807, 2.05) is 30.3 Å². The first-order valence-electron chi connectivity index (χ1n) is 7.31.